The maximum absolute atomic E-state index is 12.9. The van der Waals surface area contributed by atoms with Gasteiger partial charge in [-0.2, -0.15) is 0 Å². The van der Waals surface area contributed by atoms with Crippen molar-refractivity contribution in [3.63, 3.8) is 0 Å². The van der Waals surface area contributed by atoms with Gasteiger partial charge in [0.05, 0.1) is 9.21 Å². The molecule has 0 saturated carbocycles. The molecular formula is C21H17ClN2O2S. The molecule has 0 atom stereocenters. The third-order valence-corrected chi connectivity index (χ3v) is 5.75. The molecular weight excluding hydrogens is 380 g/mol. The first-order chi connectivity index (χ1) is 13.1. The van der Waals surface area contributed by atoms with Crippen molar-refractivity contribution in [1.82, 2.24) is 0 Å². The van der Waals surface area contributed by atoms with E-state index in [0.29, 0.717) is 21.3 Å². The van der Waals surface area contributed by atoms with Gasteiger partial charge in [0.1, 0.15) is 0 Å². The van der Waals surface area contributed by atoms with Crippen LogP contribution in [0.15, 0.2) is 60.7 Å². The number of benzene rings is 2. The molecule has 0 aliphatic carbocycles. The van der Waals surface area contributed by atoms with Crippen LogP contribution in [-0.2, 0) is 6.42 Å². The van der Waals surface area contributed by atoms with Gasteiger partial charge in [0.15, 0.2) is 0 Å². The first-order valence-corrected chi connectivity index (χ1v) is 9.88. The van der Waals surface area contributed by atoms with Crippen LogP contribution in [0.25, 0.3) is 0 Å². The average molecular weight is 397 g/mol. The zero-order valence-corrected chi connectivity index (χ0v) is 16.0. The molecule has 2 amide bonds. The largest absolute Gasteiger partial charge is 0.321 e. The summed E-state index contributed by atoms with van der Waals surface area (Å²) in [4.78, 5) is 27.6. The van der Waals surface area contributed by atoms with Crippen LogP contribution in [-0.4, -0.2) is 18.4 Å². The number of halogens is 1. The fourth-order valence-corrected chi connectivity index (χ4v) is 4.19. The molecule has 1 N–H and O–H groups in total. The monoisotopic (exact) mass is 396 g/mol. The van der Waals surface area contributed by atoms with Crippen LogP contribution in [0.4, 0.5) is 11.4 Å². The molecule has 1 aliphatic rings. The van der Waals surface area contributed by atoms with Gasteiger partial charge in [0, 0.05) is 23.5 Å². The van der Waals surface area contributed by atoms with E-state index in [1.807, 2.05) is 53.4 Å². The number of nitrogens with zero attached hydrogens (tertiary/aromatic N) is 1. The summed E-state index contributed by atoms with van der Waals surface area (Å²) in [6.45, 7) is 0.695. The maximum Gasteiger partial charge on any atom is 0.265 e. The van der Waals surface area contributed by atoms with E-state index in [4.69, 9.17) is 11.6 Å². The number of rotatable bonds is 3. The van der Waals surface area contributed by atoms with Crippen LogP contribution in [0.2, 0.25) is 4.34 Å². The Balaban J connectivity index is 1.56. The SMILES string of the molecule is O=C(Nc1ccc2c(c1)CCCN2C(=O)c1ccccc1)c1ccc(Cl)s1. The Morgan fingerprint density at radius 3 is 2.59 bits per heavy atom. The Morgan fingerprint density at radius 2 is 1.85 bits per heavy atom. The van der Waals surface area contributed by atoms with E-state index < -0.39 is 0 Å². The molecule has 1 aliphatic heterocycles. The second kappa shape index (κ2) is 7.55. The summed E-state index contributed by atoms with van der Waals surface area (Å²) in [5.74, 6) is -0.179. The maximum atomic E-state index is 12.9. The Labute approximate surface area is 166 Å². The molecule has 0 radical (unpaired) electrons. The number of fused-ring (bicyclic) bond motifs is 1. The van der Waals surface area contributed by atoms with Crippen molar-refractivity contribution in [3.8, 4) is 0 Å². The zero-order valence-electron chi connectivity index (χ0n) is 14.4. The van der Waals surface area contributed by atoms with Crippen molar-refractivity contribution < 1.29 is 9.59 Å². The molecule has 2 heterocycles. The third-order valence-electron chi connectivity index (χ3n) is 4.52. The summed E-state index contributed by atoms with van der Waals surface area (Å²) in [6.07, 6.45) is 1.77. The van der Waals surface area contributed by atoms with Crippen LogP contribution in [0.1, 0.15) is 32.0 Å². The Kier molecular flexibility index (Phi) is 4.97. The molecule has 3 aromatic rings. The fraction of sp³-hybridized carbons (Fsp3) is 0.143. The highest BCUT2D eigenvalue weighted by Crippen LogP contribution is 2.31. The van der Waals surface area contributed by atoms with Gasteiger partial charge in [-0.3, -0.25) is 9.59 Å². The Hall–Kier alpha value is -2.63. The summed E-state index contributed by atoms with van der Waals surface area (Å²) >= 11 is 7.15. The quantitative estimate of drug-likeness (QED) is 0.657. The van der Waals surface area contributed by atoms with Crippen molar-refractivity contribution in [1.29, 1.82) is 0 Å². The van der Waals surface area contributed by atoms with Crippen LogP contribution in [0.5, 0.6) is 0 Å². The minimum Gasteiger partial charge on any atom is -0.321 e. The lowest BCUT2D eigenvalue weighted by molar-refractivity contribution is 0.0983. The van der Waals surface area contributed by atoms with Crippen molar-refractivity contribution in [2.45, 2.75) is 12.8 Å². The number of hydrogen-bond donors (Lipinski definition) is 1. The molecule has 6 heteroatoms. The van der Waals surface area contributed by atoms with Gasteiger partial charge in [0.25, 0.3) is 11.8 Å². The van der Waals surface area contributed by atoms with E-state index in [1.165, 1.54) is 11.3 Å². The highest BCUT2D eigenvalue weighted by molar-refractivity contribution is 7.18. The van der Waals surface area contributed by atoms with E-state index in [9.17, 15) is 9.59 Å². The summed E-state index contributed by atoms with van der Waals surface area (Å²) in [7, 11) is 0. The zero-order chi connectivity index (χ0) is 18.8. The van der Waals surface area contributed by atoms with Crippen LogP contribution in [0, 0.1) is 0 Å². The lowest BCUT2D eigenvalue weighted by atomic mass is 10.00. The number of aryl methyl sites for hydroxylation is 1. The van der Waals surface area contributed by atoms with Gasteiger partial charge >= 0.3 is 0 Å². The van der Waals surface area contributed by atoms with Crippen molar-refractivity contribution >= 4 is 46.1 Å². The van der Waals surface area contributed by atoms with Crippen molar-refractivity contribution in [2.75, 3.05) is 16.8 Å². The topological polar surface area (TPSA) is 49.4 Å². The molecule has 0 saturated heterocycles. The molecule has 1 aromatic heterocycles. The first kappa shape index (κ1) is 17.8. The highest BCUT2D eigenvalue weighted by Gasteiger charge is 2.24. The van der Waals surface area contributed by atoms with Gasteiger partial charge in [-0.15, -0.1) is 11.3 Å². The summed E-state index contributed by atoms with van der Waals surface area (Å²) < 4.78 is 0.584. The summed E-state index contributed by atoms with van der Waals surface area (Å²) in [5, 5.41) is 2.91. The smallest absolute Gasteiger partial charge is 0.265 e. The van der Waals surface area contributed by atoms with Gasteiger partial charge in [0.2, 0.25) is 0 Å². The molecule has 4 nitrogen and oxygen atoms in total. The second-order valence-electron chi connectivity index (χ2n) is 6.33. The second-order valence-corrected chi connectivity index (χ2v) is 8.04. The van der Waals surface area contributed by atoms with Crippen LogP contribution in [0.3, 0.4) is 0 Å². The lowest BCUT2D eigenvalue weighted by Gasteiger charge is -2.30. The number of amides is 2. The number of carbonyl (C=O) groups is 2. The van der Waals surface area contributed by atoms with Gasteiger partial charge in [-0.25, -0.2) is 0 Å². The minimum atomic E-state index is -0.181. The van der Waals surface area contributed by atoms with Crippen molar-refractivity contribution in [3.05, 3.63) is 81.0 Å². The molecule has 0 bridgehead atoms. The highest BCUT2D eigenvalue weighted by atomic mass is 35.5. The number of thiophene rings is 1. The molecule has 0 unspecified atom stereocenters. The van der Waals surface area contributed by atoms with Crippen molar-refractivity contribution in [2.24, 2.45) is 0 Å². The molecule has 136 valence electrons. The molecule has 0 spiro atoms. The number of carbonyl (C=O) groups excluding carboxylic acids is 2. The van der Waals surface area contributed by atoms with E-state index in [0.717, 1.165) is 29.8 Å². The van der Waals surface area contributed by atoms with E-state index in [-0.39, 0.29) is 11.8 Å². The fourth-order valence-electron chi connectivity index (χ4n) is 3.25. The minimum absolute atomic E-state index is 0.00145. The normalized spacial score (nSPS) is 13.1. The van der Waals surface area contributed by atoms with E-state index in [2.05, 4.69) is 5.32 Å². The molecule has 27 heavy (non-hydrogen) atoms. The Morgan fingerprint density at radius 1 is 1.04 bits per heavy atom. The van der Waals surface area contributed by atoms with Gasteiger partial charge in [-0.1, -0.05) is 29.8 Å². The molecule has 2 aromatic carbocycles. The molecule has 0 fully saturated rings. The third kappa shape index (κ3) is 3.75. The summed E-state index contributed by atoms with van der Waals surface area (Å²) in [6, 6.07) is 18.4. The lowest BCUT2D eigenvalue weighted by Crippen LogP contribution is -2.35. The Bertz CT molecular complexity index is 1000. The van der Waals surface area contributed by atoms with Gasteiger partial charge in [-0.05, 0) is 60.9 Å². The van der Waals surface area contributed by atoms with E-state index in [1.54, 1.807) is 12.1 Å². The van der Waals surface area contributed by atoms with Crippen LogP contribution < -0.4 is 10.2 Å². The van der Waals surface area contributed by atoms with Crippen LogP contribution >= 0.6 is 22.9 Å². The number of anilines is 2. The van der Waals surface area contributed by atoms with Gasteiger partial charge < -0.3 is 10.2 Å². The standard InChI is InChI=1S/C21H17ClN2O2S/c22-19-11-10-18(27-19)20(25)23-16-8-9-17-15(13-16)7-4-12-24(17)21(26)14-5-2-1-3-6-14/h1-3,5-6,8-11,13H,4,7,12H2,(H,23,25). The summed E-state index contributed by atoms with van der Waals surface area (Å²) in [5.41, 5.74) is 3.37. The average Bonchev–Trinajstić information content (AvgIpc) is 3.14. The first-order valence-electron chi connectivity index (χ1n) is 8.68. The molecule has 4 rings (SSSR count). The number of hydrogen-bond acceptors (Lipinski definition) is 3. The predicted octanol–water partition coefficient (Wildman–Crippen LogP) is 5.25. The number of nitrogens with one attached hydrogen (secondary N) is 1. The predicted molar refractivity (Wildman–Crippen MR) is 110 cm³/mol. The van der Waals surface area contributed by atoms with E-state index >= 15 is 0 Å².